The number of allylic oxidation sites excluding steroid dienone is 3. The van der Waals surface area contributed by atoms with Crippen molar-refractivity contribution < 1.29 is 14.7 Å². The van der Waals surface area contributed by atoms with Crippen LogP contribution >= 0.6 is 0 Å². The molecule has 100 valence electrons. The summed E-state index contributed by atoms with van der Waals surface area (Å²) in [6.45, 7) is 3.96. The van der Waals surface area contributed by atoms with Gasteiger partial charge in [0.1, 0.15) is 5.54 Å². The standard InChI is InChI=1S/C14H21NO3/c1-3-4-5-6-12(16)15-14(13(17)18)9-7-11(2)8-10-14/h3-6,11H,7-10H2,1-2H3,(H,15,16)(H,17,18)/b4-3+,6-5+. The molecule has 1 fully saturated rings. The van der Waals surface area contributed by atoms with Gasteiger partial charge in [0.25, 0.3) is 0 Å². The van der Waals surface area contributed by atoms with Crippen molar-refractivity contribution in [2.45, 2.75) is 45.1 Å². The monoisotopic (exact) mass is 251 g/mol. The largest absolute Gasteiger partial charge is 0.480 e. The summed E-state index contributed by atoms with van der Waals surface area (Å²) < 4.78 is 0. The van der Waals surface area contributed by atoms with Crippen LogP contribution in [0.15, 0.2) is 24.3 Å². The number of carbonyl (C=O) groups is 2. The SMILES string of the molecule is C/C=C/C=C/C(=O)NC1(C(=O)O)CCC(C)CC1. The fourth-order valence-corrected chi connectivity index (χ4v) is 2.18. The number of carbonyl (C=O) groups excluding carboxylic acids is 1. The zero-order valence-electron chi connectivity index (χ0n) is 11.0. The van der Waals surface area contributed by atoms with Gasteiger partial charge in [-0.1, -0.05) is 25.2 Å². The summed E-state index contributed by atoms with van der Waals surface area (Å²) in [6.07, 6.45) is 9.20. The molecular weight excluding hydrogens is 230 g/mol. The van der Waals surface area contributed by atoms with Crippen molar-refractivity contribution in [2.75, 3.05) is 0 Å². The van der Waals surface area contributed by atoms with Crippen LogP contribution in [-0.4, -0.2) is 22.5 Å². The maximum Gasteiger partial charge on any atom is 0.329 e. The van der Waals surface area contributed by atoms with Gasteiger partial charge in [-0.15, -0.1) is 0 Å². The van der Waals surface area contributed by atoms with Crippen molar-refractivity contribution in [3.8, 4) is 0 Å². The van der Waals surface area contributed by atoms with Crippen LogP contribution in [-0.2, 0) is 9.59 Å². The molecule has 0 spiro atoms. The average molecular weight is 251 g/mol. The molecule has 18 heavy (non-hydrogen) atoms. The second kappa shape index (κ2) is 6.38. The second-order valence-corrected chi connectivity index (χ2v) is 4.94. The molecule has 4 nitrogen and oxygen atoms in total. The molecule has 0 unspecified atom stereocenters. The minimum Gasteiger partial charge on any atom is -0.480 e. The predicted molar refractivity (Wildman–Crippen MR) is 70.1 cm³/mol. The molecule has 4 heteroatoms. The van der Waals surface area contributed by atoms with Crippen molar-refractivity contribution in [1.82, 2.24) is 5.32 Å². The molecule has 0 heterocycles. The molecule has 1 rings (SSSR count). The summed E-state index contributed by atoms with van der Waals surface area (Å²) in [6, 6.07) is 0. The van der Waals surface area contributed by atoms with Gasteiger partial charge in [0.15, 0.2) is 0 Å². The van der Waals surface area contributed by atoms with Crippen LogP contribution < -0.4 is 5.32 Å². The minimum atomic E-state index is -1.08. The first-order chi connectivity index (χ1) is 8.50. The van der Waals surface area contributed by atoms with E-state index in [0.29, 0.717) is 18.8 Å². The lowest BCUT2D eigenvalue weighted by Crippen LogP contribution is -2.55. The van der Waals surface area contributed by atoms with E-state index in [4.69, 9.17) is 0 Å². The quantitative estimate of drug-likeness (QED) is 0.595. The number of carboxylic acids is 1. The Labute approximate surface area is 108 Å². The Morgan fingerprint density at radius 3 is 2.39 bits per heavy atom. The Bertz CT molecular complexity index is 363. The van der Waals surface area contributed by atoms with Gasteiger partial charge in [-0.05, 0) is 38.5 Å². The van der Waals surface area contributed by atoms with Gasteiger partial charge in [-0.3, -0.25) is 4.79 Å². The molecule has 0 aliphatic heterocycles. The highest BCUT2D eigenvalue weighted by Gasteiger charge is 2.42. The first-order valence-electron chi connectivity index (χ1n) is 6.35. The maximum atomic E-state index is 11.7. The summed E-state index contributed by atoms with van der Waals surface area (Å²) in [5.74, 6) is -0.736. The molecule has 1 aliphatic rings. The first-order valence-corrected chi connectivity index (χ1v) is 6.35. The number of hydrogen-bond acceptors (Lipinski definition) is 2. The van der Waals surface area contributed by atoms with E-state index in [1.807, 2.05) is 6.92 Å². The Morgan fingerprint density at radius 2 is 1.89 bits per heavy atom. The van der Waals surface area contributed by atoms with Crippen molar-refractivity contribution >= 4 is 11.9 Å². The molecule has 0 atom stereocenters. The van der Waals surface area contributed by atoms with Gasteiger partial charge in [-0.25, -0.2) is 4.79 Å². The van der Waals surface area contributed by atoms with E-state index in [1.165, 1.54) is 6.08 Å². The summed E-state index contributed by atoms with van der Waals surface area (Å²) in [5.41, 5.74) is -1.08. The number of nitrogens with one attached hydrogen (secondary N) is 1. The van der Waals surface area contributed by atoms with Gasteiger partial charge in [0, 0.05) is 6.08 Å². The van der Waals surface area contributed by atoms with Gasteiger partial charge in [-0.2, -0.15) is 0 Å². The third kappa shape index (κ3) is 3.72. The zero-order valence-corrected chi connectivity index (χ0v) is 11.0. The zero-order chi connectivity index (χ0) is 13.6. The number of amides is 1. The molecule has 1 aliphatic carbocycles. The van der Waals surface area contributed by atoms with Crippen molar-refractivity contribution in [3.63, 3.8) is 0 Å². The highest BCUT2D eigenvalue weighted by Crippen LogP contribution is 2.32. The van der Waals surface area contributed by atoms with Crippen molar-refractivity contribution in [3.05, 3.63) is 24.3 Å². The Hall–Kier alpha value is -1.58. The lowest BCUT2D eigenvalue weighted by Gasteiger charge is -2.36. The summed E-state index contributed by atoms with van der Waals surface area (Å²) in [5, 5.41) is 12.0. The molecule has 0 aromatic carbocycles. The maximum absolute atomic E-state index is 11.7. The van der Waals surface area contributed by atoms with Crippen LogP contribution in [0.5, 0.6) is 0 Å². The van der Waals surface area contributed by atoms with Gasteiger partial charge in [0.2, 0.25) is 5.91 Å². The van der Waals surface area contributed by atoms with E-state index in [1.54, 1.807) is 18.2 Å². The van der Waals surface area contributed by atoms with Gasteiger partial charge >= 0.3 is 5.97 Å². The first kappa shape index (κ1) is 14.5. The van der Waals surface area contributed by atoms with Crippen LogP contribution in [0.4, 0.5) is 0 Å². The van der Waals surface area contributed by atoms with E-state index in [-0.39, 0.29) is 5.91 Å². The molecular formula is C14H21NO3. The van der Waals surface area contributed by atoms with Crippen molar-refractivity contribution in [1.29, 1.82) is 0 Å². The van der Waals surface area contributed by atoms with Crippen LogP contribution in [0.3, 0.4) is 0 Å². The average Bonchev–Trinajstić information content (AvgIpc) is 2.32. The molecule has 0 saturated heterocycles. The topological polar surface area (TPSA) is 66.4 Å². The lowest BCUT2D eigenvalue weighted by molar-refractivity contribution is -0.149. The predicted octanol–water partition coefficient (Wildman–Crippen LogP) is 2.27. The Morgan fingerprint density at radius 1 is 1.28 bits per heavy atom. The lowest BCUT2D eigenvalue weighted by atomic mass is 9.77. The number of hydrogen-bond donors (Lipinski definition) is 2. The molecule has 0 aromatic heterocycles. The highest BCUT2D eigenvalue weighted by molar-refractivity contribution is 5.93. The normalized spacial score (nSPS) is 28.7. The summed E-state index contributed by atoms with van der Waals surface area (Å²) in [4.78, 5) is 23.1. The molecule has 0 bridgehead atoms. The highest BCUT2D eigenvalue weighted by atomic mass is 16.4. The van der Waals surface area contributed by atoms with E-state index in [2.05, 4.69) is 12.2 Å². The fourth-order valence-electron chi connectivity index (χ4n) is 2.18. The van der Waals surface area contributed by atoms with Gasteiger partial charge in [0.05, 0.1) is 0 Å². The van der Waals surface area contributed by atoms with Crippen LogP contribution in [0.1, 0.15) is 39.5 Å². The van der Waals surface area contributed by atoms with Crippen LogP contribution in [0.25, 0.3) is 0 Å². The van der Waals surface area contributed by atoms with Crippen LogP contribution in [0, 0.1) is 5.92 Å². The number of rotatable bonds is 4. The molecule has 1 saturated carbocycles. The molecule has 0 aromatic rings. The third-order valence-corrected chi connectivity index (χ3v) is 3.45. The molecule has 1 amide bonds. The minimum absolute atomic E-state index is 0.343. The summed E-state index contributed by atoms with van der Waals surface area (Å²) >= 11 is 0. The second-order valence-electron chi connectivity index (χ2n) is 4.94. The Kier molecular flexibility index (Phi) is 5.13. The van der Waals surface area contributed by atoms with E-state index < -0.39 is 11.5 Å². The van der Waals surface area contributed by atoms with E-state index in [9.17, 15) is 14.7 Å². The van der Waals surface area contributed by atoms with Crippen LogP contribution in [0.2, 0.25) is 0 Å². The Balaban J connectivity index is 2.69. The van der Waals surface area contributed by atoms with E-state index in [0.717, 1.165) is 12.8 Å². The molecule has 0 radical (unpaired) electrons. The number of aliphatic carboxylic acids is 1. The third-order valence-electron chi connectivity index (χ3n) is 3.45. The van der Waals surface area contributed by atoms with Gasteiger partial charge < -0.3 is 10.4 Å². The number of carboxylic acid groups (broad SMARTS) is 1. The fraction of sp³-hybridized carbons (Fsp3) is 0.571. The smallest absolute Gasteiger partial charge is 0.329 e. The molecule has 2 N–H and O–H groups in total. The summed E-state index contributed by atoms with van der Waals surface area (Å²) in [7, 11) is 0. The van der Waals surface area contributed by atoms with E-state index >= 15 is 0 Å². The van der Waals surface area contributed by atoms with Crippen molar-refractivity contribution in [2.24, 2.45) is 5.92 Å².